The highest BCUT2D eigenvalue weighted by molar-refractivity contribution is 5.94. The first kappa shape index (κ1) is 16.7. The largest absolute Gasteiger partial charge is 0.347 e. The molecule has 0 aliphatic heterocycles. The van der Waals surface area contributed by atoms with Crippen LogP contribution in [0.5, 0.6) is 0 Å². The lowest BCUT2D eigenvalue weighted by Gasteiger charge is -2.09. The molecule has 122 valence electrons. The van der Waals surface area contributed by atoms with E-state index in [0.29, 0.717) is 12.1 Å². The van der Waals surface area contributed by atoms with Gasteiger partial charge in [-0.1, -0.05) is 6.92 Å². The Morgan fingerprint density at radius 2 is 1.83 bits per heavy atom. The van der Waals surface area contributed by atoms with E-state index in [1.54, 1.807) is 6.33 Å². The van der Waals surface area contributed by atoms with Gasteiger partial charge in [-0.3, -0.25) is 9.59 Å². The monoisotopic (exact) mass is 314 g/mol. The van der Waals surface area contributed by atoms with Gasteiger partial charge in [-0.2, -0.15) is 0 Å². The van der Waals surface area contributed by atoms with Crippen molar-refractivity contribution >= 4 is 17.5 Å². The summed E-state index contributed by atoms with van der Waals surface area (Å²) < 4.78 is 1.99. The maximum absolute atomic E-state index is 11.8. The summed E-state index contributed by atoms with van der Waals surface area (Å²) in [7, 11) is 0. The molecule has 0 bridgehead atoms. The molecule has 6 nitrogen and oxygen atoms in total. The summed E-state index contributed by atoms with van der Waals surface area (Å²) in [4.78, 5) is 27.4. The van der Waals surface area contributed by atoms with Crippen LogP contribution in [0.1, 0.15) is 31.2 Å². The number of hydrogen-bond donors (Lipinski definition) is 2. The van der Waals surface area contributed by atoms with E-state index in [4.69, 9.17) is 0 Å². The van der Waals surface area contributed by atoms with Crippen LogP contribution in [0.15, 0.2) is 30.6 Å². The molecule has 0 atom stereocenters. The Bertz CT molecular complexity index is 689. The first-order chi connectivity index (χ1) is 11.0. The average Bonchev–Trinajstić information content (AvgIpc) is 2.86. The van der Waals surface area contributed by atoms with Gasteiger partial charge in [0.25, 0.3) is 0 Å². The predicted octanol–water partition coefficient (Wildman–Crippen LogP) is 2.34. The lowest BCUT2D eigenvalue weighted by Crippen LogP contribution is -2.32. The van der Waals surface area contributed by atoms with E-state index >= 15 is 0 Å². The molecule has 0 aliphatic carbocycles. The number of rotatable bonds is 6. The second-order valence-electron chi connectivity index (χ2n) is 5.41. The molecule has 1 aromatic carbocycles. The number of aromatic nitrogens is 2. The van der Waals surface area contributed by atoms with Crippen molar-refractivity contribution in [3.05, 3.63) is 42.0 Å². The molecule has 2 aromatic rings. The van der Waals surface area contributed by atoms with E-state index < -0.39 is 0 Å². The van der Waals surface area contributed by atoms with E-state index in [9.17, 15) is 9.59 Å². The molecule has 2 N–H and O–H groups in total. The SMILES string of the molecule is CCCC(=O)NCC(=O)Nc1ccc(-n2cnc(C)c2C)cc1. The number of aryl methyl sites for hydroxylation is 1. The fraction of sp³-hybridized carbons (Fsp3) is 0.353. The molecular formula is C17H22N4O2. The fourth-order valence-corrected chi connectivity index (χ4v) is 2.16. The van der Waals surface area contributed by atoms with Crippen LogP contribution >= 0.6 is 0 Å². The Morgan fingerprint density at radius 3 is 2.39 bits per heavy atom. The van der Waals surface area contributed by atoms with E-state index in [-0.39, 0.29) is 18.4 Å². The van der Waals surface area contributed by atoms with Crippen LogP contribution < -0.4 is 10.6 Å². The minimum absolute atomic E-state index is 0.0135. The molecule has 0 aliphatic rings. The summed E-state index contributed by atoms with van der Waals surface area (Å²) in [6.07, 6.45) is 2.98. The molecule has 2 rings (SSSR count). The lowest BCUT2D eigenvalue weighted by atomic mass is 10.2. The van der Waals surface area contributed by atoms with Crippen molar-refractivity contribution < 1.29 is 9.59 Å². The molecule has 0 radical (unpaired) electrons. The summed E-state index contributed by atoms with van der Waals surface area (Å²) in [5.41, 5.74) is 3.75. The third-order valence-electron chi connectivity index (χ3n) is 3.60. The van der Waals surface area contributed by atoms with Crippen LogP contribution in [-0.2, 0) is 9.59 Å². The number of imidazole rings is 1. The average molecular weight is 314 g/mol. The molecule has 0 spiro atoms. The smallest absolute Gasteiger partial charge is 0.243 e. The molecule has 1 heterocycles. The fourth-order valence-electron chi connectivity index (χ4n) is 2.16. The van der Waals surface area contributed by atoms with Crippen molar-refractivity contribution in [1.82, 2.24) is 14.9 Å². The summed E-state index contributed by atoms with van der Waals surface area (Å²) in [5.74, 6) is -0.346. The zero-order valence-corrected chi connectivity index (χ0v) is 13.7. The van der Waals surface area contributed by atoms with E-state index in [1.807, 2.05) is 49.6 Å². The Balaban J connectivity index is 1.94. The second kappa shape index (κ2) is 7.58. The number of carbonyl (C=O) groups excluding carboxylic acids is 2. The first-order valence-corrected chi connectivity index (χ1v) is 7.68. The van der Waals surface area contributed by atoms with Crippen molar-refractivity contribution in [2.24, 2.45) is 0 Å². The maximum Gasteiger partial charge on any atom is 0.243 e. The number of benzene rings is 1. The maximum atomic E-state index is 11.8. The quantitative estimate of drug-likeness (QED) is 0.859. The van der Waals surface area contributed by atoms with Gasteiger partial charge in [-0.25, -0.2) is 4.98 Å². The number of hydrogen-bond acceptors (Lipinski definition) is 3. The molecule has 0 unspecified atom stereocenters. The minimum Gasteiger partial charge on any atom is -0.347 e. The zero-order valence-electron chi connectivity index (χ0n) is 13.7. The number of nitrogens with zero attached hydrogens (tertiary/aromatic N) is 2. The Labute approximate surface area is 135 Å². The van der Waals surface area contributed by atoms with Gasteiger partial charge in [0.2, 0.25) is 11.8 Å². The summed E-state index contributed by atoms with van der Waals surface area (Å²) in [5, 5.41) is 5.35. The van der Waals surface area contributed by atoms with Gasteiger partial charge < -0.3 is 15.2 Å². The highest BCUT2D eigenvalue weighted by Gasteiger charge is 2.07. The van der Waals surface area contributed by atoms with Crippen LogP contribution in [0.3, 0.4) is 0 Å². The third kappa shape index (κ3) is 4.42. The van der Waals surface area contributed by atoms with Crippen LogP contribution in [-0.4, -0.2) is 27.9 Å². The van der Waals surface area contributed by atoms with E-state index in [1.165, 1.54) is 0 Å². The first-order valence-electron chi connectivity index (χ1n) is 7.68. The molecule has 2 amide bonds. The van der Waals surface area contributed by atoms with Gasteiger partial charge in [0, 0.05) is 23.5 Å². The van der Waals surface area contributed by atoms with Crippen molar-refractivity contribution in [1.29, 1.82) is 0 Å². The van der Waals surface area contributed by atoms with Gasteiger partial charge in [0.1, 0.15) is 0 Å². The second-order valence-corrected chi connectivity index (χ2v) is 5.41. The molecule has 23 heavy (non-hydrogen) atoms. The number of amides is 2. The molecule has 1 aromatic heterocycles. The van der Waals surface area contributed by atoms with E-state index in [2.05, 4.69) is 15.6 Å². The van der Waals surface area contributed by atoms with Crippen molar-refractivity contribution in [2.75, 3.05) is 11.9 Å². The highest BCUT2D eigenvalue weighted by Crippen LogP contribution is 2.16. The van der Waals surface area contributed by atoms with Crippen molar-refractivity contribution in [3.63, 3.8) is 0 Å². The number of anilines is 1. The van der Waals surface area contributed by atoms with Crippen molar-refractivity contribution in [2.45, 2.75) is 33.6 Å². The third-order valence-corrected chi connectivity index (χ3v) is 3.60. The van der Waals surface area contributed by atoms with Gasteiger partial charge in [0.15, 0.2) is 0 Å². The van der Waals surface area contributed by atoms with Crippen LogP contribution in [0.2, 0.25) is 0 Å². The number of nitrogens with one attached hydrogen (secondary N) is 2. The molecular weight excluding hydrogens is 292 g/mol. The summed E-state index contributed by atoms with van der Waals surface area (Å²) in [6.45, 7) is 5.88. The van der Waals surface area contributed by atoms with E-state index in [0.717, 1.165) is 23.5 Å². The molecule has 6 heteroatoms. The van der Waals surface area contributed by atoms with Gasteiger partial charge in [-0.15, -0.1) is 0 Å². The normalized spacial score (nSPS) is 10.4. The lowest BCUT2D eigenvalue weighted by molar-refractivity contribution is -0.124. The highest BCUT2D eigenvalue weighted by atomic mass is 16.2. The van der Waals surface area contributed by atoms with Crippen LogP contribution in [0.25, 0.3) is 5.69 Å². The van der Waals surface area contributed by atoms with Gasteiger partial charge in [-0.05, 0) is 44.5 Å². The topological polar surface area (TPSA) is 76.0 Å². The van der Waals surface area contributed by atoms with Crippen molar-refractivity contribution in [3.8, 4) is 5.69 Å². The van der Waals surface area contributed by atoms with Gasteiger partial charge >= 0.3 is 0 Å². The predicted molar refractivity (Wildman–Crippen MR) is 89.6 cm³/mol. The number of carbonyl (C=O) groups is 2. The molecule has 0 saturated heterocycles. The minimum atomic E-state index is -0.239. The summed E-state index contributed by atoms with van der Waals surface area (Å²) >= 11 is 0. The summed E-state index contributed by atoms with van der Waals surface area (Å²) in [6, 6.07) is 7.49. The standard InChI is InChI=1S/C17H22N4O2/c1-4-5-16(22)18-10-17(23)20-14-6-8-15(9-7-14)21-11-19-12(2)13(21)3/h6-9,11H,4-5,10H2,1-3H3,(H,18,22)(H,20,23). The Kier molecular flexibility index (Phi) is 5.51. The Hall–Kier alpha value is -2.63. The molecule has 0 saturated carbocycles. The molecule has 0 fully saturated rings. The zero-order chi connectivity index (χ0) is 16.8. The van der Waals surface area contributed by atoms with Crippen LogP contribution in [0.4, 0.5) is 5.69 Å². The Morgan fingerprint density at radius 1 is 1.13 bits per heavy atom. The van der Waals surface area contributed by atoms with Crippen LogP contribution in [0, 0.1) is 13.8 Å². The van der Waals surface area contributed by atoms with Gasteiger partial charge in [0.05, 0.1) is 18.6 Å².